The van der Waals surface area contributed by atoms with E-state index >= 15 is 0 Å². The predicted molar refractivity (Wildman–Crippen MR) is 89.6 cm³/mol. The molecule has 0 fully saturated rings. The van der Waals surface area contributed by atoms with Crippen molar-refractivity contribution in [1.29, 1.82) is 0 Å². The van der Waals surface area contributed by atoms with Crippen molar-refractivity contribution >= 4 is 5.91 Å². The number of hydrogen-bond donors (Lipinski definition) is 1. The van der Waals surface area contributed by atoms with Crippen LogP contribution in [-0.2, 0) is 13.6 Å². The number of nitrogens with one attached hydrogen (secondary N) is 1. The van der Waals surface area contributed by atoms with E-state index in [-0.39, 0.29) is 29.8 Å². The third kappa shape index (κ3) is 3.55. The minimum Gasteiger partial charge on any atom is -0.350 e. The second-order valence-electron chi connectivity index (χ2n) is 5.30. The number of rotatable bonds is 5. The van der Waals surface area contributed by atoms with Crippen molar-refractivity contribution in [1.82, 2.24) is 29.4 Å². The van der Waals surface area contributed by atoms with E-state index in [0.717, 1.165) is 0 Å². The lowest BCUT2D eigenvalue weighted by Gasteiger charge is -2.08. The Kier molecular flexibility index (Phi) is 4.55. The van der Waals surface area contributed by atoms with Gasteiger partial charge in [-0.05, 0) is 24.3 Å². The number of aryl methyl sites for hydroxylation is 1. The first-order chi connectivity index (χ1) is 12.1. The molecule has 3 aromatic rings. The summed E-state index contributed by atoms with van der Waals surface area (Å²) in [5.41, 5.74) is -0.618. The van der Waals surface area contributed by atoms with Crippen molar-refractivity contribution in [2.45, 2.75) is 6.54 Å². The van der Waals surface area contributed by atoms with E-state index in [9.17, 15) is 14.4 Å². The van der Waals surface area contributed by atoms with Crippen molar-refractivity contribution in [2.75, 3.05) is 6.54 Å². The van der Waals surface area contributed by atoms with E-state index in [1.165, 1.54) is 26.1 Å². The van der Waals surface area contributed by atoms with E-state index in [0.29, 0.717) is 5.82 Å². The molecule has 1 amide bonds. The minimum absolute atomic E-state index is 0.0515. The SMILES string of the molecule is Cn1cccc(C(=O)NCCn2nc(-n3cccn3)ccc2=O)c1=O. The second-order valence-corrected chi connectivity index (χ2v) is 5.30. The second kappa shape index (κ2) is 6.95. The molecule has 0 aliphatic rings. The number of carbonyl (C=O) groups excluding carboxylic acids is 1. The molecule has 0 aromatic carbocycles. The van der Waals surface area contributed by atoms with Crippen LogP contribution in [0.15, 0.2) is 58.5 Å². The van der Waals surface area contributed by atoms with E-state index in [1.54, 1.807) is 43.8 Å². The zero-order valence-corrected chi connectivity index (χ0v) is 13.5. The average molecular weight is 340 g/mol. The van der Waals surface area contributed by atoms with Crippen molar-refractivity contribution in [3.8, 4) is 5.82 Å². The van der Waals surface area contributed by atoms with Gasteiger partial charge in [0.2, 0.25) is 0 Å². The van der Waals surface area contributed by atoms with Gasteiger partial charge in [-0.1, -0.05) is 0 Å². The summed E-state index contributed by atoms with van der Waals surface area (Å²) < 4.78 is 4.09. The molecule has 0 bridgehead atoms. The highest BCUT2D eigenvalue weighted by Crippen LogP contribution is 1.98. The highest BCUT2D eigenvalue weighted by atomic mass is 16.2. The molecule has 0 aliphatic heterocycles. The number of amides is 1. The maximum Gasteiger partial charge on any atom is 0.266 e. The van der Waals surface area contributed by atoms with Gasteiger partial charge < -0.3 is 9.88 Å². The average Bonchev–Trinajstić information content (AvgIpc) is 3.13. The molecule has 9 heteroatoms. The van der Waals surface area contributed by atoms with Crippen LogP contribution < -0.4 is 16.4 Å². The lowest BCUT2D eigenvalue weighted by atomic mass is 10.2. The Labute approximate surface area is 142 Å². The molecule has 0 saturated carbocycles. The minimum atomic E-state index is -0.488. The van der Waals surface area contributed by atoms with Gasteiger partial charge in [-0.3, -0.25) is 14.4 Å². The Morgan fingerprint density at radius 1 is 1.16 bits per heavy atom. The topological polar surface area (TPSA) is 104 Å². The van der Waals surface area contributed by atoms with Crippen molar-refractivity contribution in [2.24, 2.45) is 7.05 Å². The van der Waals surface area contributed by atoms with Crippen LogP contribution in [0, 0.1) is 0 Å². The van der Waals surface area contributed by atoms with Gasteiger partial charge in [-0.25, -0.2) is 9.36 Å². The van der Waals surface area contributed by atoms with Crippen LogP contribution in [0.2, 0.25) is 0 Å². The standard InChI is InChI=1S/C16H16N6O3/c1-20-9-2-4-12(16(20)25)15(24)17-8-11-22-14(23)6-5-13(19-22)21-10-3-7-18-21/h2-7,9-10H,8,11H2,1H3,(H,17,24). The highest BCUT2D eigenvalue weighted by Gasteiger charge is 2.10. The molecule has 3 rings (SSSR count). The van der Waals surface area contributed by atoms with Gasteiger partial charge in [0.05, 0.1) is 6.54 Å². The van der Waals surface area contributed by atoms with Crippen molar-refractivity contribution < 1.29 is 4.79 Å². The van der Waals surface area contributed by atoms with Crippen molar-refractivity contribution in [3.63, 3.8) is 0 Å². The van der Waals surface area contributed by atoms with Crippen molar-refractivity contribution in [3.05, 3.63) is 75.2 Å². The summed E-state index contributed by atoms with van der Waals surface area (Å²) in [6, 6.07) is 7.78. The fourth-order valence-electron chi connectivity index (χ4n) is 2.27. The molecule has 25 heavy (non-hydrogen) atoms. The van der Waals surface area contributed by atoms with Crippen LogP contribution >= 0.6 is 0 Å². The molecule has 0 atom stereocenters. The summed E-state index contributed by atoms with van der Waals surface area (Å²) >= 11 is 0. The smallest absolute Gasteiger partial charge is 0.266 e. The van der Waals surface area contributed by atoms with E-state index in [2.05, 4.69) is 15.5 Å². The molecule has 0 unspecified atom stereocenters. The lowest BCUT2D eigenvalue weighted by molar-refractivity contribution is 0.0949. The van der Waals surface area contributed by atoms with Crippen LogP contribution in [0.4, 0.5) is 0 Å². The molecule has 0 aliphatic carbocycles. The molecular formula is C16H16N6O3. The lowest BCUT2D eigenvalue weighted by Crippen LogP contribution is -2.35. The third-order valence-electron chi connectivity index (χ3n) is 3.57. The Morgan fingerprint density at radius 2 is 2.00 bits per heavy atom. The van der Waals surface area contributed by atoms with E-state index in [1.807, 2.05) is 0 Å². The molecule has 0 spiro atoms. The van der Waals surface area contributed by atoms with E-state index < -0.39 is 5.91 Å². The molecule has 0 saturated heterocycles. The third-order valence-corrected chi connectivity index (χ3v) is 3.57. The maximum absolute atomic E-state index is 12.1. The number of aromatic nitrogens is 5. The largest absolute Gasteiger partial charge is 0.350 e. The molecule has 0 radical (unpaired) electrons. The van der Waals surface area contributed by atoms with Gasteiger partial charge in [-0.15, -0.1) is 5.10 Å². The monoisotopic (exact) mass is 340 g/mol. The van der Waals surface area contributed by atoms with Gasteiger partial charge in [-0.2, -0.15) is 5.10 Å². The maximum atomic E-state index is 12.1. The zero-order valence-electron chi connectivity index (χ0n) is 13.5. The normalized spacial score (nSPS) is 10.6. The first-order valence-electron chi connectivity index (χ1n) is 7.58. The quantitative estimate of drug-likeness (QED) is 0.678. The summed E-state index contributed by atoms with van der Waals surface area (Å²) in [6.07, 6.45) is 4.89. The van der Waals surface area contributed by atoms with Gasteiger partial charge in [0.1, 0.15) is 5.56 Å². The summed E-state index contributed by atoms with van der Waals surface area (Å²) in [4.78, 5) is 35.9. The Balaban J connectivity index is 1.69. The van der Waals surface area contributed by atoms with Crippen LogP contribution in [0.5, 0.6) is 0 Å². The fraction of sp³-hybridized carbons (Fsp3) is 0.188. The first-order valence-corrected chi connectivity index (χ1v) is 7.58. The van der Waals surface area contributed by atoms with Gasteiger partial charge >= 0.3 is 0 Å². The Hall–Kier alpha value is -3.49. The predicted octanol–water partition coefficient (Wildman–Crippen LogP) is -0.442. The Bertz CT molecular complexity index is 1000. The van der Waals surface area contributed by atoms with Crippen LogP contribution in [0.1, 0.15) is 10.4 Å². The zero-order chi connectivity index (χ0) is 17.8. The molecule has 3 aromatic heterocycles. The molecule has 128 valence electrons. The molecule has 9 nitrogen and oxygen atoms in total. The highest BCUT2D eigenvalue weighted by molar-refractivity contribution is 5.93. The Morgan fingerprint density at radius 3 is 2.76 bits per heavy atom. The fourth-order valence-corrected chi connectivity index (χ4v) is 2.27. The van der Waals surface area contributed by atoms with Gasteiger partial charge in [0.15, 0.2) is 5.82 Å². The molecule has 1 N–H and O–H groups in total. The summed E-state index contributed by atoms with van der Waals surface area (Å²) in [5, 5.41) is 10.9. The summed E-state index contributed by atoms with van der Waals surface area (Å²) in [7, 11) is 1.57. The summed E-state index contributed by atoms with van der Waals surface area (Å²) in [6.45, 7) is 0.333. The van der Waals surface area contributed by atoms with Gasteiger partial charge in [0, 0.05) is 38.2 Å². The molecular weight excluding hydrogens is 324 g/mol. The van der Waals surface area contributed by atoms with Crippen LogP contribution in [0.25, 0.3) is 5.82 Å². The number of pyridine rings is 1. The van der Waals surface area contributed by atoms with Gasteiger partial charge in [0.25, 0.3) is 17.0 Å². The van der Waals surface area contributed by atoms with Crippen LogP contribution in [-0.4, -0.2) is 36.6 Å². The first kappa shape index (κ1) is 16.4. The molecule has 3 heterocycles. The number of hydrogen-bond acceptors (Lipinski definition) is 5. The van der Waals surface area contributed by atoms with E-state index in [4.69, 9.17) is 0 Å². The number of carbonyl (C=O) groups is 1. The number of nitrogens with zero attached hydrogens (tertiary/aromatic N) is 5. The summed E-state index contributed by atoms with van der Waals surface area (Å²) in [5.74, 6) is 0.00494. The van der Waals surface area contributed by atoms with Crippen LogP contribution in [0.3, 0.4) is 0 Å².